The van der Waals surface area contributed by atoms with Crippen LogP contribution in [0.3, 0.4) is 0 Å². The molecule has 0 aromatic carbocycles. The van der Waals surface area contributed by atoms with Gasteiger partial charge >= 0.3 is 0 Å². The van der Waals surface area contributed by atoms with Crippen molar-refractivity contribution in [3.63, 3.8) is 0 Å². The van der Waals surface area contributed by atoms with Crippen molar-refractivity contribution in [2.45, 2.75) is 31.7 Å². The van der Waals surface area contributed by atoms with E-state index >= 15 is 0 Å². The molecule has 2 aliphatic heterocycles. The molecule has 0 spiro atoms. The number of allylic oxidation sites excluding steroid dienone is 2. The van der Waals surface area contributed by atoms with E-state index in [0.717, 1.165) is 38.8 Å². The summed E-state index contributed by atoms with van der Waals surface area (Å²) in [5, 5.41) is 3.27. The second kappa shape index (κ2) is 4.26. The molecular formula is C13H18N2O2. The van der Waals surface area contributed by atoms with Crippen LogP contribution >= 0.6 is 0 Å². The second-order valence-electron chi connectivity index (χ2n) is 5.18. The molecule has 3 rings (SSSR count). The Kier molecular flexibility index (Phi) is 2.74. The van der Waals surface area contributed by atoms with Crippen LogP contribution < -0.4 is 5.32 Å². The fraction of sp³-hybridized carbons (Fsp3) is 0.692. The minimum absolute atomic E-state index is 0.0672. The van der Waals surface area contributed by atoms with Crippen molar-refractivity contribution in [2.24, 2.45) is 11.8 Å². The summed E-state index contributed by atoms with van der Waals surface area (Å²) in [4.78, 5) is 26.2. The molecule has 0 saturated carbocycles. The smallest absolute Gasteiger partial charge is 0.233 e. The summed E-state index contributed by atoms with van der Waals surface area (Å²) < 4.78 is 0. The number of nitrogens with zero attached hydrogens (tertiary/aromatic N) is 1. The molecule has 17 heavy (non-hydrogen) atoms. The van der Waals surface area contributed by atoms with Gasteiger partial charge in [-0.2, -0.15) is 0 Å². The zero-order chi connectivity index (χ0) is 11.8. The largest absolute Gasteiger partial charge is 0.317 e. The topological polar surface area (TPSA) is 49.4 Å². The molecule has 2 fully saturated rings. The first kappa shape index (κ1) is 11.0. The van der Waals surface area contributed by atoms with Gasteiger partial charge in [0.2, 0.25) is 11.8 Å². The Morgan fingerprint density at radius 2 is 1.53 bits per heavy atom. The lowest BCUT2D eigenvalue weighted by atomic mass is 9.85. The third-order valence-corrected chi connectivity index (χ3v) is 4.22. The van der Waals surface area contributed by atoms with Gasteiger partial charge in [-0.05, 0) is 38.8 Å². The lowest BCUT2D eigenvalue weighted by Gasteiger charge is -2.30. The Morgan fingerprint density at radius 1 is 1.00 bits per heavy atom. The Balaban J connectivity index is 1.81. The van der Waals surface area contributed by atoms with Gasteiger partial charge in [0.05, 0.1) is 11.8 Å². The first-order chi connectivity index (χ1) is 8.29. The molecule has 2 heterocycles. The van der Waals surface area contributed by atoms with Crippen LogP contribution in [-0.2, 0) is 9.59 Å². The lowest BCUT2D eigenvalue weighted by molar-refractivity contribution is -0.143. The number of nitrogens with one attached hydrogen (secondary N) is 1. The first-order valence-corrected chi connectivity index (χ1v) is 6.51. The maximum absolute atomic E-state index is 12.3. The Bertz CT molecular complexity index is 346. The van der Waals surface area contributed by atoms with E-state index in [-0.39, 0.29) is 29.7 Å². The van der Waals surface area contributed by atoms with E-state index in [2.05, 4.69) is 5.32 Å². The van der Waals surface area contributed by atoms with Gasteiger partial charge in [0.15, 0.2) is 0 Å². The van der Waals surface area contributed by atoms with Crippen LogP contribution in [0.25, 0.3) is 0 Å². The number of amides is 2. The fourth-order valence-electron chi connectivity index (χ4n) is 3.25. The van der Waals surface area contributed by atoms with E-state index in [1.165, 1.54) is 0 Å². The zero-order valence-corrected chi connectivity index (χ0v) is 9.89. The predicted molar refractivity (Wildman–Crippen MR) is 63.1 cm³/mol. The number of hydrogen-bond acceptors (Lipinski definition) is 3. The molecule has 0 radical (unpaired) electrons. The highest BCUT2D eigenvalue weighted by Crippen LogP contribution is 2.37. The quantitative estimate of drug-likeness (QED) is 0.536. The molecule has 0 aromatic rings. The summed E-state index contributed by atoms with van der Waals surface area (Å²) in [6, 6.07) is 0.141. The van der Waals surface area contributed by atoms with E-state index in [1.54, 1.807) is 4.90 Å². The highest BCUT2D eigenvalue weighted by atomic mass is 16.2. The van der Waals surface area contributed by atoms with Gasteiger partial charge in [-0.15, -0.1) is 0 Å². The monoisotopic (exact) mass is 234 g/mol. The molecule has 92 valence electrons. The van der Waals surface area contributed by atoms with Crippen LogP contribution in [-0.4, -0.2) is 35.8 Å². The molecule has 4 heteroatoms. The van der Waals surface area contributed by atoms with Crippen LogP contribution in [0.4, 0.5) is 0 Å². The number of piperidine rings is 1. The first-order valence-electron chi connectivity index (χ1n) is 6.51. The van der Waals surface area contributed by atoms with Crippen molar-refractivity contribution in [2.75, 3.05) is 13.1 Å². The third kappa shape index (κ3) is 1.71. The summed E-state index contributed by atoms with van der Waals surface area (Å²) in [5.41, 5.74) is 0. The Labute approximate surface area is 101 Å². The predicted octanol–water partition coefficient (Wildman–Crippen LogP) is 0.690. The van der Waals surface area contributed by atoms with Crippen molar-refractivity contribution in [1.82, 2.24) is 10.2 Å². The molecule has 0 aromatic heterocycles. The maximum atomic E-state index is 12.3. The van der Waals surface area contributed by atoms with E-state index < -0.39 is 0 Å². The summed E-state index contributed by atoms with van der Waals surface area (Å²) in [5.74, 6) is 0.0253. The van der Waals surface area contributed by atoms with E-state index in [9.17, 15) is 9.59 Å². The van der Waals surface area contributed by atoms with Crippen molar-refractivity contribution in [3.8, 4) is 0 Å². The fourth-order valence-corrected chi connectivity index (χ4v) is 3.25. The molecule has 0 bridgehead atoms. The number of imide groups is 1. The molecule has 1 aliphatic carbocycles. The van der Waals surface area contributed by atoms with E-state index in [0.29, 0.717) is 0 Å². The van der Waals surface area contributed by atoms with E-state index in [4.69, 9.17) is 0 Å². The molecule has 2 amide bonds. The number of carbonyl (C=O) groups excluding carboxylic acids is 2. The van der Waals surface area contributed by atoms with Gasteiger partial charge in [-0.25, -0.2) is 0 Å². The number of carbonyl (C=O) groups is 2. The SMILES string of the molecule is O=C1C2CC=CCC2C(=O)N1C1CCNCC1. The van der Waals surface area contributed by atoms with Crippen LogP contribution in [0.2, 0.25) is 0 Å². The molecule has 4 nitrogen and oxygen atoms in total. The minimum atomic E-state index is -0.0672. The van der Waals surface area contributed by atoms with Crippen molar-refractivity contribution < 1.29 is 9.59 Å². The third-order valence-electron chi connectivity index (χ3n) is 4.22. The standard InChI is InChI=1S/C13H18N2O2/c16-12-10-3-1-2-4-11(10)13(17)15(12)9-5-7-14-8-6-9/h1-2,9-11,14H,3-8H2. The summed E-state index contributed by atoms with van der Waals surface area (Å²) in [7, 11) is 0. The van der Waals surface area contributed by atoms with Gasteiger partial charge in [0.1, 0.15) is 0 Å². The minimum Gasteiger partial charge on any atom is -0.317 e. The highest BCUT2D eigenvalue weighted by Gasteiger charge is 2.49. The highest BCUT2D eigenvalue weighted by molar-refractivity contribution is 6.05. The number of rotatable bonds is 1. The molecule has 3 aliphatic rings. The van der Waals surface area contributed by atoms with Gasteiger partial charge in [0, 0.05) is 6.04 Å². The van der Waals surface area contributed by atoms with Gasteiger partial charge in [-0.3, -0.25) is 14.5 Å². The van der Waals surface area contributed by atoms with Gasteiger partial charge in [-0.1, -0.05) is 12.2 Å². The molecule has 1 N–H and O–H groups in total. The Morgan fingerprint density at radius 3 is 2.06 bits per heavy atom. The molecule has 2 atom stereocenters. The summed E-state index contributed by atoms with van der Waals surface area (Å²) in [6.07, 6.45) is 7.39. The average molecular weight is 234 g/mol. The van der Waals surface area contributed by atoms with E-state index in [1.807, 2.05) is 12.2 Å². The number of fused-ring (bicyclic) bond motifs is 1. The Hall–Kier alpha value is -1.16. The van der Waals surface area contributed by atoms with Crippen LogP contribution in [0, 0.1) is 11.8 Å². The van der Waals surface area contributed by atoms with Crippen LogP contribution in [0.5, 0.6) is 0 Å². The summed E-state index contributed by atoms with van der Waals surface area (Å²) in [6.45, 7) is 1.82. The van der Waals surface area contributed by atoms with Crippen molar-refractivity contribution in [3.05, 3.63) is 12.2 Å². The maximum Gasteiger partial charge on any atom is 0.233 e. The molecular weight excluding hydrogens is 216 g/mol. The zero-order valence-electron chi connectivity index (χ0n) is 9.89. The molecule has 2 saturated heterocycles. The number of hydrogen-bond donors (Lipinski definition) is 1. The average Bonchev–Trinajstić information content (AvgIpc) is 2.64. The van der Waals surface area contributed by atoms with Crippen LogP contribution in [0.1, 0.15) is 25.7 Å². The summed E-state index contributed by atoms with van der Waals surface area (Å²) >= 11 is 0. The molecule has 2 unspecified atom stereocenters. The van der Waals surface area contributed by atoms with Crippen molar-refractivity contribution >= 4 is 11.8 Å². The van der Waals surface area contributed by atoms with Crippen molar-refractivity contribution in [1.29, 1.82) is 0 Å². The van der Waals surface area contributed by atoms with Gasteiger partial charge in [0.25, 0.3) is 0 Å². The lowest BCUT2D eigenvalue weighted by Crippen LogP contribution is -2.46. The van der Waals surface area contributed by atoms with Crippen LogP contribution in [0.15, 0.2) is 12.2 Å². The number of likely N-dealkylation sites (tertiary alicyclic amines) is 1. The normalized spacial score (nSPS) is 34.2. The second-order valence-corrected chi connectivity index (χ2v) is 5.18. The van der Waals surface area contributed by atoms with Gasteiger partial charge < -0.3 is 5.32 Å².